The Labute approximate surface area is 164 Å². The Morgan fingerprint density at radius 2 is 1.89 bits per heavy atom. The molecule has 2 aliphatic rings. The first-order chi connectivity index (χ1) is 13.2. The van der Waals surface area contributed by atoms with Gasteiger partial charge < -0.3 is 5.32 Å². The second-order valence-electron chi connectivity index (χ2n) is 7.36. The first-order valence-electron chi connectivity index (χ1n) is 9.74. The van der Waals surface area contributed by atoms with Crippen molar-refractivity contribution in [2.24, 2.45) is 0 Å². The van der Waals surface area contributed by atoms with Crippen LogP contribution in [0.5, 0.6) is 0 Å². The average molecular weight is 385 g/mol. The van der Waals surface area contributed by atoms with E-state index in [9.17, 15) is 9.18 Å². The summed E-state index contributed by atoms with van der Waals surface area (Å²) >= 11 is 1.53. The molecule has 2 aliphatic heterocycles. The molecule has 0 bridgehead atoms. The number of carbonyl (C=O) groups excluding carboxylic acids is 1. The van der Waals surface area contributed by atoms with Gasteiger partial charge in [0.15, 0.2) is 0 Å². The molecule has 2 heterocycles. The number of hydrogen-bond donors (Lipinski definition) is 1. The Hall–Kier alpha value is -1.85. The molecule has 5 heteroatoms. The van der Waals surface area contributed by atoms with Crippen LogP contribution in [0.15, 0.2) is 47.4 Å². The lowest BCUT2D eigenvalue weighted by atomic mass is 10.0. The number of nitrogens with zero attached hydrogens (tertiary/aromatic N) is 1. The predicted molar refractivity (Wildman–Crippen MR) is 108 cm³/mol. The smallest absolute Gasteiger partial charge is 0.251 e. The van der Waals surface area contributed by atoms with Gasteiger partial charge in [-0.25, -0.2) is 4.39 Å². The van der Waals surface area contributed by atoms with Crippen molar-refractivity contribution in [2.45, 2.75) is 43.2 Å². The van der Waals surface area contributed by atoms with Gasteiger partial charge >= 0.3 is 0 Å². The third kappa shape index (κ3) is 4.36. The highest BCUT2D eigenvalue weighted by Crippen LogP contribution is 2.37. The average Bonchev–Trinajstić information content (AvgIpc) is 2.70. The Kier molecular flexibility index (Phi) is 5.79. The zero-order valence-electron chi connectivity index (χ0n) is 15.4. The normalized spacial score (nSPS) is 20.1. The monoisotopic (exact) mass is 384 g/mol. The molecular formula is C22H25FN2OS. The number of amides is 1. The number of thioether (sulfide) groups is 1. The number of likely N-dealkylation sites (tertiary alicyclic amines) is 1. The second kappa shape index (κ2) is 8.44. The van der Waals surface area contributed by atoms with E-state index in [-0.39, 0.29) is 17.8 Å². The van der Waals surface area contributed by atoms with Crippen molar-refractivity contribution in [3.05, 3.63) is 65.0 Å². The molecule has 0 aliphatic carbocycles. The van der Waals surface area contributed by atoms with Gasteiger partial charge in [0.25, 0.3) is 5.91 Å². The Morgan fingerprint density at radius 3 is 2.67 bits per heavy atom. The number of rotatable bonds is 4. The van der Waals surface area contributed by atoms with Crippen molar-refractivity contribution in [3.8, 4) is 0 Å². The van der Waals surface area contributed by atoms with E-state index in [4.69, 9.17) is 0 Å². The van der Waals surface area contributed by atoms with E-state index in [1.807, 2.05) is 30.3 Å². The van der Waals surface area contributed by atoms with Gasteiger partial charge in [0.1, 0.15) is 5.82 Å². The lowest BCUT2D eigenvalue weighted by Gasteiger charge is -2.27. The molecule has 0 radical (unpaired) electrons. The molecule has 0 unspecified atom stereocenters. The molecule has 1 saturated heterocycles. The molecule has 142 valence electrons. The van der Waals surface area contributed by atoms with Crippen molar-refractivity contribution in [2.75, 3.05) is 18.8 Å². The number of carbonyl (C=O) groups is 1. The lowest BCUT2D eigenvalue weighted by molar-refractivity contribution is 0.0934. The molecule has 2 aromatic carbocycles. The van der Waals surface area contributed by atoms with Crippen molar-refractivity contribution in [3.63, 3.8) is 0 Å². The van der Waals surface area contributed by atoms with Crippen LogP contribution in [-0.4, -0.2) is 29.6 Å². The summed E-state index contributed by atoms with van der Waals surface area (Å²) in [5.74, 6) is 0.526. The number of halogens is 1. The number of benzene rings is 2. The quantitative estimate of drug-likeness (QED) is 0.823. The maximum Gasteiger partial charge on any atom is 0.251 e. The molecule has 0 spiro atoms. The summed E-state index contributed by atoms with van der Waals surface area (Å²) in [6.45, 7) is 3.28. The zero-order valence-corrected chi connectivity index (χ0v) is 16.2. The second-order valence-corrected chi connectivity index (χ2v) is 8.46. The molecule has 0 saturated carbocycles. The van der Waals surface area contributed by atoms with Gasteiger partial charge in [-0.15, -0.1) is 11.8 Å². The van der Waals surface area contributed by atoms with Crippen LogP contribution in [0.2, 0.25) is 0 Å². The van der Waals surface area contributed by atoms with Crippen molar-refractivity contribution in [1.29, 1.82) is 0 Å². The summed E-state index contributed by atoms with van der Waals surface area (Å²) in [6.07, 6.45) is 4.71. The third-order valence-corrected chi connectivity index (χ3v) is 6.56. The van der Waals surface area contributed by atoms with Gasteiger partial charge in [0.2, 0.25) is 0 Å². The van der Waals surface area contributed by atoms with E-state index in [0.29, 0.717) is 10.5 Å². The predicted octanol–water partition coefficient (Wildman–Crippen LogP) is 4.78. The molecule has 1 N–H and O–H groups in total. The molecule has 2 aromatic rings. The first kappa shape index (κ1) is 18.5. The third-order valence-electron chi connectivity index (χ3n) is 5.40. The summed E-state index contributed by atoms with van der Waals surface area (Å²) in [7, 11) is 0. The summed E-state index contributed by atoms with van der Waals surface area (Å²) < 4.78 is 14.0. The van der Waals surface area contributed by atoms with E-state index >= 15 is 0 Å². The molecule has 1 atom stereocenters. The van der Waals surface area contributed by atoms with E-state index in [2.05, 4.69) is 10.2 Å². The van der Waals surface area contributed by atoms with Crippen LogP contribution in [0, 0.1) is 5.82 Å². The fraction of sp³-hybridized carbons (Fsp3) is 0.409. The topological polar surface area (TPSA) is 32.3 Å². The van der Waals surface area contributed by atoms with Crippen molar-refractivity contribution in [1.82, 2.24) is 10.2 Å². The van der Waals surface area contributed by atoms with Gasteiger partial charge in [0.05, 0.1) is 6.04 Å². The minimum atomic E-state index is -0.196. The summed E-state index contributed by atoms with van der Waals surface area (Å²) in [5, 5.41) is 3.09. The number of nitrogens with one attached hydrogen (secondary N) is 1. The zero-order chi connectivity index (χ0) is 18.6. The number of fused-ring (bicyclic) bond motifs is 1. The van der Waals surface area contributed by atoms with Gasteiger partial charge in [-0.1, -0.05) is 30.7 Å². The summed E-state index contributed by atoms with van der Waals surface area (Å²) in [6, 6.07) is 12.9. The minimum absolute atomic E-state index is 0.0911. The number of piperidine rings is 1. The highest BCUT2D eigenvalue weighted by Gasteiger charge is 2.24. The van der Waals surface area contributed by atoms with E-state index < -0.39 is 0 Å². The first-order valence-corrected chi connectivity index (χ1v) is 10.7. The standard InChI is InChI=1S/C22H25FN2OS/c23-19-6-4-5-18-20(11-14-27-21(18)19)24-22(26)17-9-7-16(8-10-17)15-25-12-2-1-3-13-25/h4-10,20H,1-3,11-15H2,(H,24,26)/t20-/m0/s1. The van der Waals surface area contributed by atoms with E-state index in [1.54, 1.807) is 6.07 Å². The molecule has 1 amide bonds. The van der Waals surface area contributed by atoms with Crippen LogP contribution in [0.3, 0.4) is 0 Å². The molecule has 27 heavy (non-hydrogen) atoms. The maximum atomic E-state index is 14.0. The van der Waals surface area contributed by atoms with Gasteiger partial charge in [-0.3, -0.25) is 9.69 Å². The van der Waals surface area contributed by atoms with Crippen molar-refractivity contribution < 1.29 is 9.18 Å². The summed E-state index contributed by atoms with van der Waals surface area (Å²) in [5.41, 5.74) is 2.80. The molecule has 3 nitrogen and oxygen atoms in total. The Morgan fingerprint density at radius 1 is 1.11 bits per heavy atom. The fourth-order valence-electron chi connectivity index (χ4n) is 3.92. The van der Waals surface area contributed by atoms with Crippen LogP contribution >= 0.6 is 11.8 Å². The van der Waals surface area contributed by atoms with Gasteiger partial charge in [0, 0.05) is 22.8 Å². The van der Waals surface area contributed by atoms with E-state index in [1.165, 1.54) is 42.7 Å². The Bertz CT molecular complexity index is 802. The Balaban J connectivity index is 1.41. The molecule has 1 fully saturated rings. The molecule has 0 aromatic heterocycles. The molecule has 4 rings (SSSR count). The van der Waals surface area contributed by atoms with Crippen LogP contribution < -0.4 is 5.32 Å². The van der Waals surface area contributed by atoms with Crippen LogP contribution in [0.4, 0.5) is 4.39 Å². The fourth-order valence-corrected chi connectivity index (χ4v) is 5.06. The van der Waals surface area contributed by atoms with Gasteiger partial charge in [-0.2, -0.15) is 0 Å². The summed E-state index contributed by atoms with van der Waals surface area (Å²) in [4.78, 5) is 15.8. The minimum Gasteiger partial charge on any atom is -0.345 e. The largest absolute Gasteiger partial charge is 0.345 e. The van der Waals surface area contributed by atoms with Crippen LogP contribution in [0.1, 0.15) is 53.2 Å². The van der Waals surface area contributed by atoms with Crippen molar-refractivity contribution >= 4 is 17.7 Å². The van der Waals surface area contributed by atoms with E-state index in [0.717, 1.165) is 37.4 Å². The molecular weight excluding hydrogens is 359 g/mol. The highest BCUT2D eigenvalue weighted by molar-refractivity contribution is 7.99. The SMILES string of the molecule is O=C(N[C@H]1CCSc2c(F)cccc21)c1ccc(CN2CCCCC2)cc1. The lowest BCUT2D eigenvalue weighted by Crippen LogP contribution is -2.31. The number of hydrogen-bond acceptors (Lipinski definition) is 3. The van der Waals surface area contributed by atoms with Gasteiger partial charge in [-0.05, 0) is 61.7 Å². The van der Waals surface area contributed by atoms with Crippen LogP contribution in [-0.2, 0) is 6.54 Å². The van der Waals surface area contributed by atoms with Crippen LogP contribution in [0.25, 0.3) is 0 Å². The highest BCUT2D eigenvalue weighted by atomic mass is 32.2. The maximum absolute atomic E-state index is 14.0.